The van der Waals surface area contributed by atoms with Gasteiger partial charge in [-0.05, 0) is 88.0 Å². The Morgan fingerprint density at radius 2 is 1.05 bits per heavy atom. The van der Waals surface area contributed by atoms with Crippen molar-refractivity contribution in [3.8, 4) is 23.0 Å². The van der Waals surface area contributed by atoms with Gasteiger partial charge in [-0.3, -0.25) is 0 Å². The number of rotatable bonds is 2. The number of phenolic OH excluding ortho intramolecular Hbond substituents is 2. The molecular formula is C12H6Br4O3. The van der Waals surface area contributed by atoms with Gasteiger partial charge in [0.05, 0.1) is 8.95 Å². The molecule has 2 N–H and O–H groups in total. The molecule has 2 aromatic rings. The second-order valence-electron chi connectivity index (χ2n) is 3.52. The second-order valence-corrected chi connectivity index (χ2v) is 6.82. The van der Waals surface area contributed by atoms with Gasteiger partial charge in [-0.2, -0.15) is 0 Å². The fourth-order valence-corrected chi connectivity index (χ4v) is 2.80. The Morgan fingerprint density at radius 3 is 1.42 bits per heavy atom. The molecule has 0 aromatic heterocycles. The van der Waals surface area contributed by atoms with Crippen LogP contribution in [0.3, 0.4) is 0 Å². The molecule has 19 heavy (non-hydrogen) atoms. The number of phenols is 2. The number of hydrogen-bond acceptors (Lipinski definition) is 3. The average molecular weight is 518 g/mol. The van der Waals surface area contributed by atoms with Crippen LogP contribution in [-0.2, 0) is 0 Å². The lowest BCUT2D eigenvalue weighted by molar-refractivity contribution is 0.381. The maximum absolute atomic E-state index is 9.84. The summed E-state index contributed by atoms with van der Waals surface area (Å²) in [4.78, 5) is 0. The molecule has 0 spiro atoms. The molecule has 100 valence electrons. The molecule has 3 nitrogen and oxygen atoms in total. The first kappa shape index (κ1) is 15.2. The Balaban J connectivity index is 2.54. The van der Waals surface area contributed by atoms with Crippen LogP contribution in [0.4, 0.5) is 0 Å². The summed E-state index contributed by atoms with van der Waals surface area (Å²) < 4.78 is 8.17. The molecule has 0 radical (unpaired) electrons. The highest BCUT2D eigenvalue weighted by atomic mass is 79.9. The molecule has 0 aliphatic rings. The van der Waals surface area contributed by atoms with Crippen LogP contribution in [0.2, 0.25) is 0 Å². The predicted octanol–water partition coefficient (Wildman–Crippen LogP) is 5.94. The van der Waals surface area contributed by atoms with Crippen LogP contribution in [0.1, 0.15) is 0 Å². The minimum atomic E-state index is -0.0404. The molecule has 0 saturated carbocycles. The van der Waals surface area contributed by atoms with E-state index in [2.05, 4.69) is 63.7 Å². The van der Waals surface area contributed by atoms with Crippen LogP contribution >= 0.6 is 63.7 Å². The van der Waals surface area contributed by atoms with E-state index in [4.69, 9.17) is 4.74 Å². The molecule has 0 amide bonds. The van der Waals surface area contributed by atoms with Crippen molar-refractivity contribution in [2.24, 2.45) is 0 Å². The molecule has 0 saturated heterocycles. The van der Waals surface area contributed by atoms with Crippen molar-refractivity contribution < 1.29 is 14.9 Å². The number of benzene rings is 2. The standard InChI is InChI=1S/C12H6Br4O3/c13-5-1-3-7(17)11(9(5)15)19-12-8(18)4-2-6(14)10(12)16/h1-4,17-18H. The summed E-state index contributed by atoms with van der Waals surface area (Å²) >= 11 is 13.3. The molecule has 2 aromatic carbocycles. The van der Waals surface area contributed by atoms with E-state index in [1.165, 1.54) is 12.1 Å². The fourth-order valence-electron chi connectivity index (χ4n) is 1.34. The van der Waals surface area contributed by atoms with E-state index in [0.717, 1.165) is 8.95 Å². The molecule has 2 rings (SSSR count). The number of aromatic hydroxyl groups is 2. The van der Waals surface area contributed by atoms with Gasteiger partial charge in [0.25, 0.3) is 0 Å². The summed E-state index contributed by atoms with van der Waals surface area (Å²) in [6.07, 6.45) is 0. The zero-order valence-corrected chi connectivity index (χ0v) is 15.5. The lowest BCUT2D eigenvalue weighted by Gasteiger charge is -2.13. The van der Waals surface area contributed by atoms with Crippen molar-refractivity contribution in [2.45, 2.75) is 0 Å². The molecule has 0 heterocycles. The molecule has 0 bridgehead atoms. The molecule has 7 heteroatoms. The van der Waals surface area contributed by atoms with E-state index in [9.17, 15) is 10.2 Å². The minimum absolute atomic E-state index is 0.0404. The third-order valence-corrected chi connectivity index (χ3v) is 6.22. The first-order valence-electron chi connectivity index (χ1n) is 4.93. The van der Waals surface area contributed by atoms with Crippen molar-refractivity contribution in [1.29, 1.82) is 0 Å². The van der Waals surface area contributed by atoms with Crippen LogP contribution < -0.4 is 4.74 Å². The smallest absolute Gasteiger partial charge is 0.184 e. The molecule has 0 aliphatic carbocycles. The van der Waals surface area contributed by atoms with E-state index >= 15 is 0 Å². The highest BCUT2D eigenvalue weighted by Crippen LogP contribution is 2.47. The predicted molar refractivity (Wildman–Crippen MR) is 87.1 cm³/mol. The number of ether oxygens (including phenoxy) is 1. The Kier molecular flexibility index (Phi) is 4.81. The van der Waals surface area contributed by atoms with Crippen molar-refractivity contribution in [3.05, 3.63) is 42.2 Å². The van der Waals surface area contributed by atoms with Gasteiger partial charge >= 0.3 is 0 Å². The lowest BCUT2D eigenvalue weighted by Crippen LogP contribution is -1.90. The van der Waals surface area contributed by atoms with Gasteiger partial charge in [0, 0.05) is 8.95 Å². The summed E-state index contributed by atoms with van der Waals surface area (Å²) in [6, 6.07) is 6.35. The molecule has 0 fully saturated rings. The SMILES string of the molecule is Oc1ccc(Br)c(Br)c1Oc1c(O)ccc(Br)c1Br. The zero-order valence-electron chi connectivity index (χ0n) is 9.12. The topological polar surface area (TPSA) is 49.7 Å². The minimum Gasteiger partial charge on any atom is -0.504 e. The van der Waals surface area contributed by atoms with Gasteiger partial charge in [0.2, 0.25) is 0 Å². The van der Waals surface area contributed by atoms with Gasteiger partial charge in [-0.25, -0.2) is 0 Å². The van der Waals surface area contributed by atoms with E-state index < -0.39 is 0 Å². The number of hydrogen-bond donors (Lipinski definition) is 2. The molecule has 0 atom stereocenters. The lowest BCUT2D eigenvalue weighted by atomic mass is 10.3. The van der Waals surface area contributed by atoms with E-state index in [1.807, 2.05) is 0 Å². The van der Waals surface area contributed by atoms with Crippen LogP contribution in [0, 0.1) is 0 Å². The third-order valence-electron chi connectivity index (χ3n) is 2.26. The van der Waals surface area contributed by atoms with Gasteiger partial charge in [-0.1, -0.05) is 0 Å². The first-order chi connectivity index (χ1) is 8.91. The monoisotopic (exact) mass is 514 g/mol. The van der Waals surface area contributed by atoms with Crippen molar-refractivity contribution in [3.63, 3.8) is 0 Å². The van der Waals surface area contributed by atoms with Crippen molar-refractivity contribution in [1.82, 2.24) is 0 Å². The fraction of sp³-hybridized carbons (Fsp3) is 0. The summed E-state index contributed by atoms with van der Waals surface area (Å²) in [7, 11) is 0. The Morgan fingerprint density at radius 1 is 0.684 bits per heavy atom. The van der Waals surface area contributed by atoms with Crippen molar-refractivity contribution in [2.75, 3.05) is 0 Å². The Labute approximate surface area is 143 Å². The van der Waals surface area contributed by atoms with Gasteiger partial charge in [0.1, 0.15) is 0 Å². The van der Waals surface area contributed by atoms with Crippen LogP contribution in [0.5, 0.6) is 23.0 Å². The van der Waals surface area contributed by atoms with E-state index in [0.29, 0.717) is 8.95 Å². The third kappa shape index (κ3) is 3.09. The van der Waals surface area contributed by atoms with Crippen LogP contribution in [0.15, 0.2) is 42.2 Å². The zero-order chi connectivity index (χ0) is 14.2. The maximum atomic E-state index is 9.84. The first-order valence-corrected chi connectivity index (χ1v) is 8.10. The second kappa shape index (κ2) is 6.03. The van der Waals surface area contributed by atoms with Crippen LogP contribution in [-0.4, -0.2) is 10.2 Å². The van der Waals surface area contributed by atoms with Gasteiger partial charge in [-0.15, -0.1) is 0 Å². The molecule has 0 unspecified atom stereocenters. The largest absolute Gasteiger partial charge is 0.504 e. The van der Waals surface area contributed by atoms with Gasteiger partial charge in [0.15, 0.2) is 23.0 Å². The molecule has 0 aliphatic heterocycles. The number of halogens is 4. The summed E-state index contributed by atoms with van der Waals surface area (Å²) in [5.41, 5.74) is 0. The summed E-state index contributed by atoms with van der Waals surface area (Å²) in [6.45, 7) is 0. The van der Waals surface area contributed by atoms with E-state index in [1.54, 1.807) is 12.1 Å². The van der Waals surface area contributed by atoms with Crippen molar-refractivity contribution >= 4 is 63.7 Å². The quantitative estimate of drug-likeness (QED) is 0.518. The Bertz CT molecular complexity index is 588. The summed E-state index contributed by atoms with van der Waals surface area (Å²) in [5, 5.41) is 19.7. The maximum Gasteiger partial charge on any atom is 0.184 e. The Hall–Kier alpha value is -0.240. The summed E-state index contributed by atoms with van der Waals surface area (Å²) in [5.74, 6) is 0.342. The van der Waals surface area contributed by atoms with Crippen LogP contribution in [0.25, 0.3) is 0 Å². The van der Waals surface area contributed by atoms with Gasteiger partial charge < -0.3 is 14.9 Å². The average Bonchev–Trinajstić information content (AvgIpc) is 2.38. The highest BCUT2D eigenvalue weighted by Gasteiger charge is 2.17. The van der Waals surface area contributed by atoms with E-state index in [-0.39, 0.29) is 23.0 Å². The normalized spacial score (nSPS) is 10.5. The highest BCUT2D eigenvalue weighted by molar-refractivity contribution is 9.13. The molecular weight excluding hydrogens is 512 g/mol.